The van der Waals surface area contributed by atoms with E-state index in [4.69, 9.17) is 4.74 Å². The first-order chi connectivity index (χ1) is 15.3. The molecule has 2 bridgehead atoms. The molecular weight excluding hydrogens is 402 g/mol. The third-order valence-corrected chi connectivity index (χ3v) is 8.60. The van der Waals surface area contributed by atoms with Gasteiger partial charge in [0.2, 0.25) is 5.91 Å². The maximum atomic E-state index is 12.5. The summed E-state index contributed by atoms with van der Waals surface area (Å²) in [4.78, 5) is 12.5. The molecule has 2 saturated carbocycles. The minimum atomic E-state index is -0.107. The zero-order valence-electron chi connectivity index (χ0n) is 19.6. The van der Waals surface area contributed by atoms with Crippen molar-refractivity contribution in [2.24, 2.45) is 22.7 Å². The molecule has 3 fully saturated rings. The largest absolute Gasteiger partial charge is 0.396 e. The van der Waals surface area contributed by atoms with E-state index in [2.05, 4.69) is 61.5 Å². The van der Waals surface area contributed by atoms with Crippen LogP contribution in [0.25, 0.3) is 5.69 Å². The molecule has 1 aromatic heterocycles. The number of benzene rings is 1. The number of aliphatic hydroxyl groups is 1. The number of rotatable bonds is 5. The maximum Gasteiger partial charge on any atom is 0.222 e. The number of hydrogen-bond donors (Lipinski definition) is 2. The molecule has 6 heteroatoms. The number of ether oxygens (including phenoxy) is 1. The lowest BCUT2D eigenvalue weighted by molar-refractivity contribution is -0.137. The molecule has 0 radical (unpaired) electrons. The standard InChI is InChI=1S/C26H35N3O3/c1-16-12-17(2)29(28-16)20-7-5-6-18(13-20)23-21-14-19-15-26(21,9-11-32-23)24(25(19,3)4)27-22(31)8-10-30/h5-7,12-13,19,21,23-24,30H,8-11,14-15H2,1-4H3,(H,27,31)/t19-,21-,23-,24+,26?/m1/s1. The third kappa shape index (κ3) is 3.22. The number of aryl methyl sites for hydroxylation is 2. The smallest absolute Gasteiger partial charge is 0.222 e. The highest BCUT2D eigenvalue weighted by atomic mass is 16.5. The summed E-state index contributed by atoms with van der Waals surface area (Å²) in [7, 11) is 0. The van der Waals surface area contributed by atoms with Gasteiger partial charge in [0, 0.05) is 24.8 Å². The van der Waals surface area contributed by atoms with Gasteiger partial charge < -0.3 is 15.2 Å². The molecular formula is C26H35N3O3. The highest BCUT2D eigenvalue weighted by Crippen LogP contribution is 2.70. The van der Waals surface area contributed by atoms with Crippen LogP contribution in [0.4, 0.5) is 0 Å². The summed E-state index contributed by atoms with van der Waals surface area (Å²) in [6.45, 7) is 9.31. The van der Waals surface area contributed by atoms with Gasteiger partial charge in [0.05, 0.1) is 24.1 Å². The van der Waals surface area contributed by atoms with E-state index >= 15 is 0 Å². The Hall–Kier alpha value is -2.18. The van der Waals surface area contributed by atoms with Crippen LogP contribution in [0.2, 0.25) is 0 Å². The van der Waals surface area contributed by atoms with Crippen LogP contribution in [-0.4, -0.2) is 40.0 Å². The van der Waals surface area contributed by atoms with Gasteiger partial charge in [-0.15, -0.1) is 0 Å². The van der Waals surface area contributed by atoms with Crippen LogP contribution in [0.1, 0.15) is 62.6 Å². The third-order valence-electron chi connectivity index (χ3n) is 8.60. The molecule has 32 heavy (non-hydrogen) atoms. The van der Waals surface area contributed by atoms with Crippen molar-refractivity contribution in [3.05, 3.63) is 47.3 Å². The summed E-state index contributed by atoms with van der Waals surface area (Å²) in [5.41, 5.74) is 4.50. The average molecular weight is 438 g/mol. The van der Waals surface area contributed by atoms with E-state index < -0.39 is 0 Å². The van der Waals surface area contributed by atoms with E-state index in [0.29, 0.717) is 18.4 Å². The molecule has 1 aliphatic heterocycles. The normalized spacial score (nSPS) is 32.7. The van der Waals surface area contributed by atoms with Crippen molar-refractivity contribution in [2.45, 2.75) is 65.5 Å². The van der Waals surface area contributed by atoms with Crippen molar-refractivity contribution >= 4 is 5.91 Å². The number of carbonyl (C=O) groups excluding carboxylic acids is 1. The molecule has 1 aromatic carbocycles. The molecule has 1 saturated heterocycles. The number of aliphatic hydroxyl groups excluding tert-OH is 1. The Morgan fingerprint density at radius 1 is 1.31 bits per heavy atom. The van der Waals surface area contributed by atoms with Gasteiger partial charge in [-0.1, -0.05) is 26.0 Å². The van der Waals surface area contributed by atoms with Crippen molar-refractivity contribution in [1.29, 1.82) is 0 Å². The highest BCUT2D eigenvalue weighted by molar-refractivity contribution is 5.76. The van der Waals surface area contributed by atoms with Gasteiger partial charge in [-0.2, -0.15) is 5.10 Å². The average Bonchev–Trinajstić information content (AvgIpc) is 3.37. The molecule has 1 spiro atoms. The maximum absolute atomic E-state index is 12.5. The summed E-state index contributed by atoms with van der Waals surface area (Å²) in [5, 5.41) is 17.2. The first kappa shape index (κ1) is 21.7. The molecule has 2 aliphatic carbocycles. The molecule has 6 nitrogen and oxygen atoms in total. The van der Waals surface area contributed by atoms with E-state index in [9.17, 15) is 9.90 Å². The summed E-state index contributed by atoms with van der Waals surface area (Å²) in [6, 6.07) is 10.8. The molecule has 2 aromatic rings. The SMILES string of the molecule is Cc1cc(C)n(-c2cccc([C@H]3OCCC45C[C@@H](C[C@H]34)C(C)(C)[C@@H]5NC(=O)CCO)c2)n1. The fourth-order valence-corrected chi connectivity index (χ4v) is 7.18. The quantitative estimate of drug-likeness (QED) is 0.745. The van der Waals surface area contributed by atoms with Gasteiger partial charge in [0.1, 0.15) is 0 Å². The number of nitrogens with zero attached hydrogens (tertiary/aromatic N) is 2. The highest BCUT2D eigenvalue weighted by Gasteiger charge is 2.68. The van der Waals surface area contributed by atoms with E-state index in [1.807, 2.05) is 11.6 Å². The summed E-state index contributed by atoms with van der Waals surface area (Å²) >= 11 is 0. The monoisotopic (exact) mass is 437 g/mol. The Bertz CT molecular complexity index is 1030. The van der Waals surface area contributed by atoms with Crippen LogP contribution in [0, 0.1) is 36.5 Å². The minimum absolute atomic E-state index is 0.0269. The number of nitrogens with one attached hydrogen (secondary N) is 1. The molecule has 1 amide bonds. The Morgan fingerprint density at radius 2 is 2.12 bits per heavy atom. The molecule has 2 N–H and O–H groups in total. The van der Waals surface area contributed by atoms with Crippen molar-refractivity contribution in [3.63, 3.8) is 0 Å². The van der Waals surface area contributed by atoms with Gasteiger partial charge in [0.25, 0.3) is 0 Å². The summed E-state index contributed by atoms with van der Waals surface area (Å²) < 4.78 is 8.44. The molecule has 5 rings (SSSR count). The second kappa shape index (κ2) is 7.70. The molecule has 2 heterocycles. The van der Waals surface area contributed by atoms with E-state index in [-0.39, 0.29) is 41.9 Å². The second-order valence-corrected chi connectivity index (χ2v) is 10.7. The van der Waals surface area contributed by atoms with Crippen LogP contribution < -0.4 is 5.32 Å². The fourth-order valence-electron chi connectivity index (χ4n) is 7.18. The van der Waals surface area contributed by atoms with Crippen molar-refractivity contribution < 1.29 is 14.6 Å². The van der Waals surface area contributed by atoms with E-state index in [0.717, 1.165) is 36.3 Å². The lowest BCUT2D eigenvalue weighted by Gasteiger charge is -2.53. The summed E-state index contributed by atoms with van der Waals surface area (Å²) in [5.74, 6) is 0.903. The van der Waals surface area contributed by atoms with Crippen molar-refractivity contribution in [1.82, 2.24) is 15.1 Å². The fraction of sp³-hybridized carbons (Fsp3) is 0.615. The van der Waals surface area contributed by atoms with Gasteiger partial charge in [-0.25, -0.2) is 4.68 Å². The number of carbonyl (C=O) groups is 1. The van der Waals surface area contributed by atoms with Crippen LogP contribution >= 0.6 is 0 Å². The predicted octanol–water partition coefficient (Wildman–Crippen LogP) is 3.87. The number of amides is 1. The Kier molecular flexibility index (Phi) is 5.21. The van der Waals surface area contributed by atoms with Crippen LogP contribution in [0.15, 0.2) is 30.3 Å². The van der Waals surface area contributed by atoms with Gasteiger partial charge in [0.15, 0.2) is 0 Å². The van der Waals surface area contributed by atoms with Crippen LogP contribution in [-0.2, 0) is 9.53 Å². The van der Waals surface area contributed by atoms with Gasteiger partial charge in [-0.05, 0) is 79.5 Å². The van der Waals surface area contributed by atoms with Crippen molar-refractivity contribution in [2.75, 3.05) is 13.2 Å². The number of aromatic nitrogens is 2. The first-order valence-electron chi connectivity index (χ1n) is 11.9. The van der Waals surface area contributed by atoms with E-state index in [1.165, 1.54) is 5.56 Å². The van der Waals surface area contributed by atoms with Gasteiger partial charge >= 0.3 is 0 Å². The number of hydrogen-bond acceptors (Lipinski definition) is 4. The lowest BCUT2D eigenvalue weighted by Crippen LogP contribution is -2.59. The van der Waals surface area contributed by atoms with Crippen molar-refractivity contribution in [3.8, 4) is 5.69 Å². The molecule has 3 aliphatic rings. The Morgan fingerprint density at radius 3 is 2.84 bits per heavy atom. The topological polar surface area (TPSA) is 76.4 Å². The van der Waals surface area contributed by atoms with E-state index in [1.54, 1.807) is 0 Å². The second-order valence-electron chi connectivity index (χ2n) is 10.7. The zero-order valence-corrected chi connectivity index (χ0v) is 19.6. The van der Waals surface area contributed by atoms with Crippen LogP contribution in [0.5, 0.6) is 0 Å². The minimum Gasteiger partial charge on any atom is -0.396 e. The zero-order chi connectivity index (χ0) is 22.7. The molecule has 172 valence electrons. The Balaban J connectivity index is 1.48. The number of fused-ring (bicyclic) bond motifs is 1. The lowest BCUT2D eigenvalue weighted by atomic mass is 9.59. The van der Waals surface area contributed by atoms with Crippen LogP contribution in [0.3, 0.4) is 0 Å². The van der Waals surface area contributed by atoms with Gasteiger partial charge in [-0.3, -0.25) is 4.79 Å². The summed E-state index contributed by atoms with van der Waals surface area (Å²) in [6.07, 6.45) is 3.46. The molecule has 1 unspecified atom stereocenters. The molecule has 5 atom stereocenters. The Labute approximate surface area is 190 Å². The first-order valence-corrected chi connectivity index (χ1v) is 11.9. The predicted molar refractivity (Wildman–Crippen MR) is 122 cm³/mol.